The molecule has 0 radical (unpaired) electrons. The van der Waals surface area contributed by atoms with Gasteiger partial charge < -0.3 is 25.5 Å². The van der Waals surface area contributed by atoms with Crippen LogP contribution in [0.25, 0.3) is 0 Å². The first-order valence-electron chi connectivity index (χ1n) is 14.1. The summed E-state index contributed by atoms with van der Waals surface area (Å²) in [7, 11) is 0. The molecule has 5 rings (SSSR count). The maximum absolute atomic E-state index is 12.3. The Kier molecular flexibility index (Phi) is 5.77. The minimum atomic E-state index is -1.14. The van der Waals surface area contributed by atoms with Crippen molar-refractivity contribution in [2.24, 2.45) is 50.2 Å². The van der Waals surface area contributed by atoms with Crippen LogP contribution in [-0.4, -0.2) is 56.4 Å². The van der Waals surface area contributed by atoms with Gasteiger partial charge in [-0.05, 0) is 91.8 Å². The molecule has 0 heterocycles. The zero-order valence-electron chi connectivity index (χ0n) is 23.0. The normalized spacial score (nSPS) is 58.6. The maximum Gasteiger partial charge on any atom is 0.312 e. The van der Waals surface area contributed by atoms with E-state index in [4.69, 9.17) is 0 Å². The fraction of sp³-hybridized carbons (Fsp3) is 0.900. The summed E-state index contributed by atoms with van der Waals surface area (Å²) in [5.41, 5.74) is -1.23. The van der Waals surface area contributed by atoms with Gasteiger partial charge in [0, 0.05) is 11.3 Å². The third-order valence-electron chi connectivity index (χ3n) is 13.6. The van der Waals surface area contributed by atoms with Gasteiger partial charge in [0.25, 0.3) is 0 Å². The predicted molar refractivity (Wildman–Crippen MR) is 137 cm³/mol. The van der Waals surface area contributed by atoms with Crippen molar-refractivity contribution in [2.45, 2.75) is 111 Å². The van der Waals surface area contributed by atoms with Gasteiger partial charge in [0.2, 0.25) is 0 Å². The van der Waals surface area contributed by atoms with Crippen LogP contribution in [0, 0.1) is 50.2 Å². The van der Waals surface area contributed by atoms with E-state index in [-0.39, 0.29) is 46.0 Å². The minimum absolute atomic E-state index is 0.0845. The number of rotatable bonds is 2. The number of carboxylic acids is 1. The number of aliphatic hydroxyl groups is 4. The zero-order valence-corrected chi connectivity index (χ0v) is 23.0. The summed E-state index contributed by atoms with van der Waals surface area (Å²) < 4.78 is 0. The lowest BCUT2D eigenvalue weighted by Gasteiger charge is -2.72. The molecule has 0 aromatic heterocycles. The van der Waals surface area contributed by atoms with Crippen molar-refractivity contribution >= 4 is 5.97 Å². The molecular weight excluding hydrogens is 456 g/mol. The van der Waals surface area contributed by atoms with E-state index in [1.807, 2.05) is 6.92 Å². The molecule has 0 bridgehead atoms. The molecule has 0 aromatic carbocycles. The van der Waals surface area contributed by atoms with Crippen LogP contribution in [0.5, 0.6) is 0 Å². The molecule has 5 aliphatic rings. The summed E-state index contributed by atoms with van der Waals surface area (Å²) in [6.07, 6.45) is 6.09. The van der Waals surface area contributed by atoms with Gasteiger partial charge in [0.15, 0.2) is 0 Å². The Balaban J connectivity index is 1.61. The van der Waals surface area contributed by atoms with Crippen molar-refractivity contribution in [1.82, 2.24) is 0 Å². The average Bonchev–Trinajstić information content (AvgIpc) is 2.81. The molecular formula is C30H48O6. The Hall–Kier alpha value is -0.950. The van der Waals surface area contributed by atoms with Crippen LogP contribution < -0.4 is 0 Å². The van der Waals surface area contributed by atoms with E-state index in [0.717, 1.165) is 38.5 Å². The molecule has 4 saturated carbocycles. The molecule has 12 atom stereocenters. The van der Waals surface area contributed by atoms with Crippen molar-refractivity contribution in [2.75, 3.05) is 6.61 Å². The summed E-state index contributed by atoms with van der Waals surface area (Å²) >= 11 is 0. The Morgan fingerprint density at radius 3 is 2.17 bits per heavy atom. The predicted octanol–water partition coefficient (Wildman–Crippen LogP) is 4.15. The van der Waals surface area contributed by atoms with Crippen LogP contribution in [0.15, 0.2) is 11.6 Å². The van der Waals surface area contributed by atoms with E-state index in [9.17, 15) is 30.3 Å². The van der Waals surface area contributed by atoms with Gasteiger partial charge in [-0.2, -0.15) is 0 Å². The Bertz CT molecular complexity index is 978. The molecule has 5 N–H and O–H groups in total. The highest BCUT2D eigenvalue weighted by Crippen LogP contribution is 2.75. The van der Waals surface area contributed by atoms with Gasteiger partial charge in [0.1, 0.15) is 0 Å². The van der Waals surface area contributed by atoms with Gasteiger partial charge in [-0.15, -0.1) is 0 Å². The topological polar surface area (TPSA) is 118 Å². The fourth-order valence-electron chi connectivity index (χ4n) is 10.8. The van der Waals surface area contributed by atoms with E-state index >= 15 is 0 Å². The monoisotopic (exact) mass is 504 g/mol. The van der Waals surface area contributed by atoms with E-state index in [1.54, 1.807) is 6.92 Å². The first kappa shape index (κ1) is 26.6. The third-order valence-corrected chi connectivity index (χ3v) is 13.6. The van der Waals surface area contributed by atoms with E-state index < -0.39 is 35.1 Å². The van der Waals surface area contributed by atoms with E-state index in [1.165, 1.54) is 5.57 Å². The highest BCUT2D eigenvalue weighted by Gasteiger charge is 2.70. The molecule has 0 amide bonds. The zero-order chi connectivity index (χ0) is 26.7. The lowest BCUT2D eigenvalue weighted by Crippen LogP contribution is -2.68. The molecule has 5 aliphatic carbocycles. The standard InChI is InChI=1S/C30H48O6/c1-25-11-13-26(2,24(35)36)23(34)21(25)17-7-8-20-27(3)15-18(32)22(33)28(4,16-31)19(27)9-10-30(20,6)29(17,5)14-12-25/h7,18-23,31-34H,8-16H2,1-6H3,(H,35,36). The number of hydrogen-bond donors (Lipinski definition) is 5. The second-order valence-electron chi connectivity index (χ2n) is 15.0. The van der Waals surface area contributed by atoms with Gasteiger partial charge in [-0.1, -0.05) is 46.3 Å². The number of allylic oxidation sites excluding steroid dienone is 1. The molecule has 36 heavy (non-hydrogen) atoms. The largest absolute Gasteiger partial charge is 0.481 e. The lowest BCUT2D eigenvalue weighted by molar-refractivity contribution is -0.245. The molecule has 12 unspecified atom stereocenters. The summed E-state index contributed by atoms with van der Waals surface area (Å²) in [5, 5.41) is 54.1. The second-order valence-corrected chi connectivity index (χ2v) is 15.0. The number of carboxylic acid groups (broad SMARTS) is 1. The maximum atomic E-state index is 12.3. The third kappa shape index (κ3) is 2.96. The van der Waals surface area contributed by atoms with Crippen molar-refractivity contribution in [3.63, 3.8) is 0 Å². The van der Waals surface area contributed by atoms with Crippen LogP contribution in [0.4, 0.5) is 0 Å². The molecule has 6 nitrogen and oxygen atoms in total. The van der Waals surface area contributed by atoms with Crippen LogP contribution in [0.1, 0.15) is 92.9 Å². The van der Waals surface area contributed by atoms with Gasteiger partial charge >= 0.3 is 5.97 Å². The Morgan fingerprint density at radius 1 is 0.917 bits per heavy atom. The number of aliphatic carboxylic acids is 1. The first-order valence-corrected chi connectivity index (χ1v) is 14.1. The fourth-order valence-corrected chi connectivity index (χ4v) is 10.8. The summed E-state index contributed by atoms with van der Waals surface area (Å²) in [6, 6.07) is 0. The first-order chi connectivity index (χ1) is 16.5. The lowest BCUT2D eigenvalue weighted by atomic mass is 9.33. The van der Waals surface area contributed by atoms with Crippen LogP contribution in [0.3, 0.4) is 0 Å². The average molecular weight is 505 g/mol. The van der Waals surface area contributed by atoms with Crippen molar-refractivity contribution in [3.05, 3.63) is 11.6 Å². The molecule has 4 fully saturated rings. The number of hydrogen-bond acceptors (Lipinski definition) is 5. The molecule has 0 spiro atoms. The second kappa shape index (κ2) is 7.80. The molecule has 0 aliphatic heterocycles. The van der Waals surface area contributed by atoms with Crippen LogP contribution >= 0.6 is 0 Å². The molecule has 6 heteroatoms. The molecule has 0 saturated heterocycles. The van der Waals surface area contributed by atoms with Gasteiger partial charge in [0.05, 0.1) is 30.3 Å². The van der Waals surface area contributed by atoms with Gasteiger partial charge in [-0.3, -0.25) is 4.79 Å². The molecule has 0 aromatic rings. The highest BCUT2D eigenvalue weighted by atomic mass is 16.4. The number of carbonyl (C=O) groups is 1. The smallest absolute Gasteiger partial charge is 0.312 e. The Labute approximate surface area is 216 Å². The summed E-state index contributed by atoms with van der Waals surface area (Å²) in [5.74, 6) is -0.706. The Morgan fingerprint density at radius 2 is 1.56 bits per heavy atom. The SMILES string of the molecule is CC12CCC(C)(C(=O)O)C(O)C1C1=CCC3C4(C)CC(O)C(O)C(C)(CO)C4CCC3(C)C1(C)CC2. The van der Waals surface area contributed by atoms with Crippen molar-refractivity contribution < 1.29 is 30.3 Å². The van der Waals surface area contributed by atoms with Crippen molar-refractivity contribution in [1.29, 1.82) is 0 Å². The minimum Gasteiger partial charge on any atom is -0.481 e. The van der Waals surface area contributed by atoms with Crippen LogP contribution in [-0.2, 0) is 4.79 Å². The van der Waals surface area contributed by atoms with Crippen molar-refractivity contribution in [3.8, 4) is 0 Å². The number of fused-ring (bicyclic) bond motifs is 7. The quantitative estimate of drug-likeness (QED) is 0.361. The van der Waals surface area contributed by atoms with Gasteiger partial charge in [-0.25, -0.2) is 0 Å². The summed E-state index contributed by atoms with van der Waals surface area (Å²) in [6.45, 7) is 12.8. The summed E-state index contributed by atoms with van der Waals surface area (Å²) in [4.78, 5) is 12.3. The highest BCUT2D eigenvalue weighted by molar-refractivity contribution is 5.75. The van der Waals surface area contributed by atoms with E-state index in [0.29, 0.717) is 12.8 Å². The van der Waals surface area contributed by atoms with Crippen LogP contribution in [0.2, 0.25) is 0 Å². The molecule has 204 valence electrons. The van der Waals surface area contributed by atoms with E-state index in [2.05, 4.69) is 33.8 Å². The number of aliphatic hydroxyl groups excluding tert-OH is 4.